The molecule has 94 valence electrons. The van der Waals surface area contributed by atoms with Crippen LogP contribution in [0.1, 0.15) is 41.5 Å². The molecule has 16 heavy (non-hydrogen) atoms. The van der Waals surface area contributed by atoms with Crippen LogP contribution >= 0.6 is 0 Å². The van der Waals surface area contributed by atoms with Crippen LogP contribution in [-0.4, -0.2) is 22.9 Å². The second-order valence-corrected chi connectivity index (χ2v) is 5.06. The summed E-state index contributed by atoms with van der Waals surface area (Å²) in [7, 11) is 0. The molecule has 0 saturated carbocycles. The van der Waals surface area contributed by atoms with Crippen molar-refractivity contribution in [3.05, 3.63) is 11.8 Å². The van der Waals surface area contributed by atoms with Gasteiger partial charge in [0.15, 0.2) is 0 Å². The lowest BCUT2D eigenvalue weighted by molar-refractivity contribution is 0.0516. The average Bonchev–Trinajstić information content (AvgIpc) is 2.09. The van der Waals surface area contributed by atoms with Gasteiger partial charge in [-0.2, -0.15) is 0 Å². The van der Waals surface area contributed by atoms with Crippen LogP contribution in [0.2, 0.25) is 0 Å². The number of hydrogen-bond donors (Lipinski definition) is 2. The Morgan fingerprint density at radius 1 is 1.38 bits per heavy atom. The molecule has 4 nitrogen and oxygen atoms in total. The summed E-state index contributed by atoms with van der Waals surface area (Å²) in [6.07, 6.45) is 0.451. The minimum absolute atomic E-state index is 0.0427. The van der Waals surface area contributed by atoms with Crippen LogP contribution in [-0.2, 0) is 4.74 Å². The molecule has 0 fully saturated rings. The molecular weight excluding hydrogens is 206 g/mol. The zero-order valence-corrected chi connectivity index (χ0v) is 11.0. The van der Waals surface area contributed by atoms with Crippen molar-refractivity contribution in [2.45, 2.75) is 53.2 Å². The molecule has 0 aliphatic rings. The van der Waals surface area contributed by atoms with Crippen molar-refractivity contribution in [2.75, 3.05) is 0 Å². The van der Waals surface area contributed by atoms with E-state index in [0.29, 0.717) is 5.70 Å². The Hall–Kier alpha value is -1.03. The number of allylic oxidation sites excluding steroid dienone is 1. The quantitative estimate of drug-likeness (QED) is 0.781. The van der Waals surface area contributed by atoms with E-state index in [1.165, 1.54) is 0 Å². The number of alkyl carbamates (subject to hydrolysis) is 1. The molecule has 0 aromatic rings. The van der Waals surface area contributed by atoms with Gasteiger partial charge >= 0.3 is 6.09 Å². The van der Waals surface area contributed by atoms with Gasteiger partial charge in [-0.25, -0.2) is 4.79 Å². The first kappa shape index (κ1) is 15.0. The lowest BCUT2D eigenvalue weighted by Crippen LogP contribution is -2.36. The molecule has 0 rings (SSSR count). The number of aliphatic hydroxyl groups excluding tert-OH is 1. The molecule has 1 atom stereocenters. The fraction of sp³-hybridized carbons (Fsp3) is 0.750. The third kappa shape index (κ3) is 5.75. The molecule has 0 aromatic carbocycles. The van der Waals surface area contributed by atoms with Gasteiger partial charge in [0.2, 0.25) is 0 Å². The minimum Gasteiger partial charge on any atom is -0.444 e. The Kier molecular flexibility index (Phi) is 5.51. The standard InChI is InChI=1S/C12H23NO3/c1-7-9(10(14)8(2)3)13-11(15)16-12(4,5)6/h7-8,10,14H,1-6H3,(H,13,15)/b9-7-. The Balaban J connectivity index is 4.41. The number of rotatable bonds is 3. The number of nitrogens with one attached hydrogen (secondary N) is 1. The molecule has 4 heteroatoms. The third-order valence-corrected chi connectivity index (χ3v) is 1.91. The first-order chi connectivity index (χ1) is 7.17. The number of hydrogen-bond acceptors (Lipinski definition) is 3. The molecule has 0 aliphatic heterocycles. The monoisotopic (exact) mass is 229 g/mol. The SMILES string of the molecule is C/C=C(\NC(=O)OC(C)(C)C)C(O)C(C)C. The van der Waals surface area contributed by atoms with E-state index >= 15 is 0 Å². The van der Waals surface area contributed by atoms with Crippen LogP contribution in [0.15, 0.2) is 11.8 Å². The summed E-state index contributed by atoms with van der Waals surface area (Å²) in [6, 6.07) is 0. The predicted octanol–water partition coefficient (Wildman–Crippen LogP) is 2.43. The molecule has 1 amide bonds. The molecule has 0 spiro atoms. The van der Waals surface area contributed by atoms with Crippen molar-refractivity contribution < 1.29 is 14.6 Å². The molecule has 0 bridgehead atoms. The lowest BCUT2D eigenvalue weighted by Gasteiger charge is -2.23. The van der Waals surface area contributed by atoms with E-state index in [0.717, 1.165) is 0 Å². The summed E-state index contributed by atoms with van der Waals surface area (Å²) in [5.74, 6) is 0.0427. The Morgan fingerprint density at radius 3 is 2.19 bits per heavy atom. The molecule has 0 aliphatic carbocycles. The van der Waals surface area contributed by atoms with Crippen molar-refractivity contribution in [2.24, 2.45) is 5.92 Å². The molecular formula is C12H23NO3. The van der Waals surface area contributed by atoms with E-state index in [4.69, 9.17) is 4.74 Å². The van der Waals surface area contributed by atoms with E-state index in [-0.39, 0.29) is 5.92 Å². The summed E-state index contributed by atoms with van der Waals surface area (Å²) < 4.78 is 5.10. The van der Waals surface area contributed by atoms with Gasteiger partial charge in [-0.3, -0.25) is 5.32 Å². The minimum atomic E-state index is -0.683. The van der Waals surface area contributed by atoms with Crippen LogP contribution in [0.25, 0.3) is 0 Å². The predicted molar refractivity (Wildman–Crippen MR) is 64.0 cm³/mol. The number of amides is 1. The van der Waals surface area contributed by atoms with E-state index in [2.05, 4.69) is 5.32 Å². The second kappa shape index (κ2) is 5.89. The summed E-state index contributed by atoms with van der Waals surface area (Å²) >= 11 is 0. The van der Waals surface area contributed by atoms with Gasteiger partial charge in [0.25, 0.3) is 0 Å². The molecule has 0 aromatic heterocycles. The van der Waals surface area contributed by atoms with Crippen molar-refractivity contribution in [3.8, 4) is 0 Å². The Morgan fingerprint density at radius 2 is 1.88 bits per heavy atom. The van der Waals surface area contributed by atoms with Crippen LogP contribution in [0.3, 0.4) is 0 Å². The van der Waals surface area contributed by atoms with Gasteiger partial charge in [-0.1, -0.05) is 19.9 Å². The maximum Gasteiger partial charge on any atom is 0.411 e. The largest absolute Gasteiger partial charge is 0.444 e. The average molecular weight is 229 g/mol. The van der Waals surface area contributed by atoms with Crippen molar-refractivity contribution in [3.63, 3.8) is 0 Å². The number of aliphatic hydroxyl groups is 1. The zero-order chi connectivity index (χ0) is 12.9. The van der Waals surface area contributed by atoms with E-state index in [1.807, 2.05) is 13.8 Å². The highest BCUT2D eigenvalue weighted by molar-refractivity contribution is 5.70. The topological polar surface area (TPSA) is 58.6 Å². The highest BCUT2D eigenvalue weighted by atomic mass is 16.6. The molecule has 1 unspecified atom stereocenters. The van der Waals surface area contributed by atoms with E-state index in [1.54, 1.807) is 33.8 Å². The summed E-state index contributed by atoms with van der Waals surface area (Å²) in [5, 5.41) is 12.3. The summed E-state index contributed by atoms with van der Waals surface area (Å²) in [6.45, 7) is 10.9. The fourth-order valence-corrected chi connectivity index (χ4v) is 1.10. The van der Waals surface area contributed by atoms with Gasteiger partial charge in [-0.05, 0) is 33.6 Å². The van der Waals surface area contributed by atoms with Crippen molar-refractivity contribution in [1.29, 1.82) is 0 Å². The van der Waals surface area contributed by atoms with Gasteiger partial charge < -0.3 is 9.84 Å². The van der Waals surface area contributed by atoms with Crippen molar-refractivity contribution >= 4 is 6.09 Å². The van der Waals surface area contributed by atoms with Gasteiger partial charge in [0, 0.05) is 5.70 Å². The Bertz CT molecular complexity index is 264. The maximum absolute atomic E-state index is 11.5. The van der Waals surface area contributed by atoms with Gasteiger partial charge in [-0.15, -0.1) is 0 Å². The van der Waals surface area contributed by atoms with E-state index < -0.39 is 17.8 Å². The van der Waals surface area contributed by atoms with Crippen LogP contribution in [0.4, 0.5) is 4.79 Å². The summed E-state index contributed by atoms with van der Waals surface area (Å²) in [5.41, 5.74) is -0.0598. The molecule has 0 radical (unpaired) electrons. The highest BCUT2D eigenvalue weighted by Gasteiger charge is 2.20. The van der Waals surface area contributed by atoms with Gasteiger partial charge in [0.1, 0.15) is 5.60 Å². The fourth-order valence-electron chi connectivity index (χ4n) is 1.10. The smallest absolute Gasteiger partial charge is 0.411 e. The Labute approximate surface area is 97.7 Å². The molecule has 0 heterocycles. The van der Waals surface area contributed by atoms with Crippen molar-refractivity contribution in [1.82, 2.24) is 5.32 Å². The first-order valence-corrected chi connectivity index (χ1v) is 5.51. The lowest BCUT2D eigenvalue weighted by atomic mass is 10.0. The second-order valence-electron chi connectivity index (χ2n) is 5.06. The normalized spacial score (nSPS) is 14.9. The van der Waals surface area contributed by atoms with Crippen LogP contribution in [0.5, 0.6) is 0 Å². The highest BCUT2D eigenvalue weighted by Crippen LogP contribution is 2.11. The van der Waals surface area contributed by atoms with Crippen LogP contribution < -0.4 is 5.32 Å². The maximum atomic E-state index is 11.5. The first-order valence-electron chi connectivity index (χ1n) is 5.51. The third-order valence-electron chi connectivity index (χ3n) is 1.91. The molecule has 2 N–H and O–H groups in total. The zero-order valence-electron chi connectivity index (χ0n) is 11.0. The number of ether oxygens (including phenoxy) is 1. The van der Waals surface area contributed by atoms with Crippen LogP contribution in [0, 0.1) is 5.92 Å². The number of carbonyl (C=O) groups is 1. The summed E-state index contributed by atoms with van der Waals surface area (Å²) in [4.78, 5) is 11.5. The van der Waals surface area contributed by atoms with E-state index in [9.17, 15) is 9.90 Å². The number of carbonyl (C=O) groups excluding carboxylic acids is 1. The van der Waals surface area contributed by atoms with Gasteiger partial charge in [0.05, 0.1) is 6.10 Å². The molecule has 0 saturated heterocycles.